The number of rotatable bonds is 0. The normalized spacial score (nSPS) is 16.4. The Labute approximate surface area is 120 Å². The lowest BCUT2D eigenvalue weighted by molar-refractivity contribution is 0.174. The molecule has 5 rings (SSSR count). The zero-order valence-corrected chi connectivity index (χ0v) is 11.0. The standard InChI is InChI=1S/C17H11NO3/c19-11-2-1-9-3-14-13-7-17-16(20-8-21-17)5-10(13)4-15(18-14)12(9)6-11/h1-7,18-19H,8H2. The lowest BCUT2D eigenvalue weighted by Crippen LogP contribution is -2.19. The Morgan fingerprint density at radius 3 is 2.43 bits per heavy atom. The summed E-state index contributed by atoms with van der Waals surface area (Å²) < 4.78 is 10.9. The summed E-state index contributed by atoms with van der Waals surface area (Å²) in [4.78, 5) is 0. The minimum absolute atomic E-state index is 0.268. The smallest absolute Gasteiger partial charge is 0.231 e. The Morgan fingerprint density at radius 2 is 1.57 bits per heavy atom. The van der Waals surface area contributed by atoms with Gasteiger partial charge in [-0.3, -0.25) is 0 Å². The van der Waals surface area contributed by atoms with Crippen LogP contribution in [0.3, 0.4) is 0 Å². The van der Waals surface area contributed by atoms with E-state index in [0.717, 1.165) is 45.1 Å². The second-order valence-electron chi connectivity index (χ2n) is 5.31. The first-order valence-electron chi connectivity index (χ1n) is 6.76. The summed E-state index contributed by atoms with van der Waals surface area (Å²) in [6, 6.07) is 9.42. The molecule has 102 valence electrons. The molecule has 0 amide bonds. The van der Waals surface area contributed by atoms with E-state index in [-0.39, 0.29) is 12.5 Å². The lowest BCUT2D eigenvalue weighted by Gasteiger charge is -2.27. The van der Waals surface area contributed by atoms with Crippen LogP contribution in [0.2, 0.25) is 0 Å². The number of hydrogen-bond donors (Lipinski definition) is 2. The van der Waals surface area contributed by atoms with Crippen LogP contribution >= 0.6 is 0 Å². The van der Waals surface area contributed by atoms with E-state index in [9.17, 15) is 5.11 Å². The Bertz CT molecular complexity index is 865. The fourth-order valence-electron chi connectivity index (χ4n) is 3.03. The van der Waals surface area contributed by atoms with Crippen LogP contribution in [0, 0.1) is 0 Å². The van der Waals surface area contributed by atoms with Crippen molar-refractivity contribution in [3.63, 3.8) is 0 Å². The zero-order chi connectivity index (χ0) is 14.0. The van der Waals surface area contributed by atoms with E-state index in [1.165, 1.54) is 0 Å². The molecule has 2 bridgehead atoms. The van der Waals surface area contributed by atoms with Crippen molar-refractivity contribution in [2.75, 3.05) is 6.79 Å². The molecule has 0 fully saturated rings. The molecule has 2 N–H and O–H groups in total. The topological polar surface area (TPSA) is 50.7 Å². The van der Waals surface area contributed by atoms with E-state index in [1.54, 1.807) is 12.1 Å². The van der Waals surface area contributed by atoms with Crippen molar-refractivity contribution in [3.8, 4) is 17.2 Å². The molecule has 2 aromatic rings. The minimum Gasteiger partial charge on any atom is -0.508 e. The predicted octanol–water partition coefficient (Wildman–Crippen LogP) is 3.03. The predicted molar refractivity (Wildman–Crippen MR) is 79.5 cm³/mol. The van der Waals surface area contributed by atoms with Crippen LogP contribution in [-0.4, -0.2) is 11.9 Å². The van der Waals surface area contributed by atoms with Crippen LogP contribution in [0.4, 0.5) is 0 Å². The largest absolute Gasteiger partial charge is 0.508 e. The van der Waals surface area contributed by atoms with Crippen molar-refractivity contribution in [1.29, 1.82) is 0 Å². The van der Waals surface area contributed by atoms with E-state index >= 15 is 0 Å². The molecule has 0 spiro atoms. The molecule has 3 heterocycles. The Hall–Kier alpha value is -2.88. The van der Waals surface area contributed by atoms with Gasteiger partial charge in [-0.05, 0) is 47.5 Å². The van der Waals surface area contributed by atoms with Crippen molar-refractivity contribution >= 4 is 23.5 Å². The summed E-state index contributed by atoms with van der Waals surface area (Å²) in [5, 5.41) is 13.1. The molecular formula is C17H11NO3. The van der Waals surface area contributed by atoms with Crippen LogP contribution in [0.15, 0.2) is 30.3 Å². The van der Waals surface area contributed by atoms with Crippen LogP contribution in [0.5, 0.6) is 17.2 Å². The van der Waals surface area contributed by atoms with Gasteiger partial charge in [0.1, 0.15) is 5.75 Å². The Kier molecular flexibility index (Phi) is 1.86. The average molecular weight is 277 g/mol. The minimum atomic E-state index is 0.268. The summed E-state index contributed by atoms with van der Waals surface area (Å²) in [6.07, 6.45) is 4.17. The third-order valence-electron chi connectivity index (χ3n) is 4.03. The van der Waals surface area contributed by atoms with E-state index in [4.69, 9.17) is 9.47 Å². The van der Waals surface area contributed by atoms with E-state index in [0.29, 0.717) is 0 Å². The fourth-order valence-corrected chi connectivity index (χ4v) is 3.03. The van der Waals surface area contributed by atoms with Crippen LogP contribution in [0.1, 0.15) is 22.3 Å². The molecule has 0 saturated heterocycles. The quantitative estimate of drug-likeness (QED) is 0.777. The first-order valence-corrected chi connectivity index (χ1v) is 6.76. The van der Waals surface area contributed by atoms with Crippen molar-refractivity contribution < 1.29 is 14.6 Å². The number of benzene rings is 2. The number of fused-ring (bicyclic) bond motifs is 7. The molecule has 2 aromatic carbocycles. The molecule has 0 aliphatic carbocycles. The molecule has 21 heavy (non-hydrogen) atoms. The fraction of sp³-hybridized carbons (Fsp3) is 0.0588. The molecule has 4 nitrogen and oxygen atoms in total. The van der Waals surface area contributed by atoms with Gasteiger partial charge in [0.05, 0.1) is 0 Å². The zero-order valence-electron chi connectivity index (χ0n) is 11.0. The summed E-state index contributed by atoms with van der Waals surface area (Å²) in [7, 11) is 0. The number of hydrogen-bond acceptors (Lipinski definition) is 4. The number of nitrogens with one attached hydrogen (secondary N) is 1. The van der Waals surface area contributed by atoms with Gasteiger partial charge in [-0.2, -0.15) is 0 Å². The molecule has 0 radical (unpaired) electrons. The van der Waals surface area contributed by atoms with Crippen LogP contribution in [0.25, 0.3) is 23.5 Å². The maximum Gasteiger partial charge on any atom is 0.231 e. The molecule has 4 heteroatoms. The molecule has 0 atom stereocenters. The molecule has 0 aromatic heterocycles. The number of phenolic OH excluding ortho intramolecular Hbond substituents is 1. The van der Waals surface area contributed by atoms with Gasteiger partial charge in [-0.1, -0.05) is 6.07 Å². The highest BCUT2D eigenvalue weighted by molar-refractivity contribution is 6.04. The van der Waals surface area contributed by atoms with E-state index < -0.39 is 0 Å². The summed E-state index contributed by atoms with van der Waals surface area (Å²) >= 11 is 0. The van der Waals surface area contributed by atoms with Gasteiger partial charge >= 0.3 is 0 Å². The van der Waals surface area contributed by atoms with E-state index in [1.807, 2.05) is 18.2 Å². The molecule has 3 aliphatic rings. The van der Waals surface area contributed by atoms with Gasteiger partial charge < -0.3 is 19.9 Å². The highest BCUT2D eigenvalue weighted by atomic mass is 16.7. The van der Waals surface area contributed by atoms with Crippen LogP contribution < -0.4 is 14.8 Å². The van der Waals surface area contributed by atoms with Crippen molar-refractivity contribution in [3.05, 3.63) is 52.6 Å². The maximum atomic E-state index is 9.70. The van der Waals surface area contributed by atoms with Gasteiger partial charge in [0, 0.05) is 22.5 Å². The third kappa shape index (κ3) is 1.44. The SMILES string of the molecule is Oc1ccc2c(c1)C1=Cc3cc4c(cc3C(=C2)N1)OCO4. The van der Waals surface area contributed by atoms with Crippen molar-refractivity contribution in [1.82, 2.24) is 5.32 Å². The van der Waals surface area contributed by atoms with Crippen molar-refractivity contribution in [2.24, 2.45) is 0 Å². The Balaban J connectivity index is 1.78. The molecule has 0 saturated carbocycles. The Morgan fingerprint density at radius 1 is 0.857 bits per heavy atom. The highest BCUT2D eigenvalue weighted by Crippen LogP contribution is 2.43. The van der Waals surface area contributed by atoms with Gasteiger partial charge in [-0.15, -0.1) is 0 Å². The van der Waals surface area contributed by atoms with Gasteiger partial charge in [0.2, 0.25) is 6.79 Å². The first-order chi connectivity index (χ1) is 10.3. The summed E-state index contributed by atoms with van der Waals surface area (Å²) in [6.45, 7) is 0.273. The number of aromatic hydroxyl groups is 1. The summed E-state index contributed by atoms with van der Waals surface area (Å²) in [5.74, 6) is 1.83. The second-order valence-corrected chi connectivity index (χ2v) is 5.31. The van der Waals surface area contributed by atoms with Gasteiger partial charge in [0.15, 0.2) is 11.5 Å². The number of phenols is 1. The average Bonchev–Trinajstić information content (AvgIpc) is 2.94. The lowest BCUT2D eigenvalue weighted by atomic mass is 9.89. The molecule has 0 unspecified atom stereocenters. The third-order valence-corrected chi connectivity index (χ3v) is 4.03. The second kappa shape index (κ2) is 3.61. The first kappa shape index (κ1) is 10.9. The highest BCUT2D eigenvalue weighted by Gasteiger charge is 2.25. The van der Waals surface area contributed by atoms with Crippen LogP contribution in [-0.2, 0) is 0 Å². The summed E-state index contributed by atoms with van der Waals surface area (Å²) in [5.41, 5.74) is 6.32. The van der Waals surface area contributed by atoms with Gasteiger partial charge in [-0.25, -0.2) is 0 Å². The number of ether oxygens (including phenoxy) is 2. The van der Waals surface area contributed by atoms with Gasteiger partial charge in [0.25, 0.3) is 0 Å². The maximum absolute atomic E-state index is 9.70. The monoisotopic (exact) mass is 277 g/mol. The van der Waals surface area contributed by atoms with Crippen molar-refractivity contribution in [2.45, 2.75) is 0 Å². The molecular weight excluding hydrogens is 266 g/mol. The van der Waals surface area contributed by atoms with E-state index in [2.05, 4.69) is 17.5 Å². The molecule has 3 aliphatic heterocycles.